The summed E-state index contributed by atoms with van der Waals surface area (Å²) >= 11 is 0. The van der Waals surface area contributed by atoms with E-state index in [2.05, 4.69) is 29.0 Å². The molecule has 13 nitrogen and oxygen atoms in total. The lowest BCUT2D eigenvalue weighted by Crippen LogP contribution is -2.40. The molecule has 3 rings (SSSR count). The lowest BCUT2D eigenvalue weighted by atomic mass is 10.2. The van der Waals surface area contributed by atoms with Crippen LogP contribution in [-0.2, 0) is 25.4 Å². The number of ether oxygens (including phenoxy) is 4. The molecule has 2 heterocycles. The number of methoxy groups -OCH3 is 3. The molecular formula is C25H36N6O7. The second kappa shape index (κ2) is 12.5. The molecule has 0 saturated carbocycles. The normalized spacial score (nSPS) is 11.2. The van der Waals surface area contributed by atoms with Gasteiger partial charge in [0, 0.05) is 27.2 Å². The third-order valence-corrected chi connectivity index (χ3v) is 6.41. The summed E-state index contributed by atoms with van der Waals surface area (Å²) in [5, 5.41) is 3.25. The number of likely N-dealkylation sites (N-methyl/N-ethyl adjacent to an activating group) is 1. The number of nitrogens with one attached hydrogen (secondary N) is 1. The molecule has 2 aromatic heterocycles. The van der Waals surface area contributed by atoms with Crippen molar-refractivity contribution in [3.8, 4) is 17.2 Å². The molecular weight excluding hydrogens is 496 g/mol. The Morgan fingerprint density at radius 3 is 2.18 bits per heavy atom. The number of hydrogen-bond donors (Lipinski definition) is 1. The van der Waals surface area contributed by atoms with Crippen molar-refractivity contribution in [3.05, 3.63) is 38.5 Å². The summed E-state index contributed by atoms with van der Waals surface area (Å²) in [6, 6.07) is 2.93. The molecule has 0 fully saturated rings. The number of carbonyl (C=O) groups is 1. The molecule has 0 amide bonds. The van der Waals surface area contributed by atoms with Gasteiger partial charge in [-0.1, -0.05) is 13.8 Å². The molecule has 3 aromatic rings. The van der Waals surface area contributed by atoms with Gasteiger partial charge in [0.25, 0.3) is 5.56 Å². The second-order valence-corrected chi connectivity index (χ2v) is 8.47. The van der Waals surface area contributed by atoms with E-state index in [1.165, 1.54) is 38.0 Å². The monoisotopic (exact) mass is 532 g/mol. The van der Waals surface area contributed by atoms with Crippen molar-refractivity contribution in [3.63, 3.8) is 0 Å². The summed E-state index contributed by atoms with van der Waals surface area (Å²) in [5.74, 6) is 0.758. The van der Waals surface area contributed by atoms with Crippen LogP contribution in [0.25, 0.3) is 11.2 Å². The van der Waals surface area contributed by atoms with E-state index in [-0.39, 0.29) is 29.9 Å². The lowest BCUT2D eigenvalue weighted by Gasteiger charge is -2.18. The Bertz CT molecular complexity index is 1380. The Hall–Kier alpha value is -4.00. The van der Waals surface area contributed by atoms with Crippen molar-refractivity contribution in [2.45, 2.75) is 20.4 Å². The number of benzene rings is 1. The highest BCUT2D eigenvalue weighted by atomic mass is 16.5. The highest BCUT2D eigenvalue weighted by Crippen LogP contribution is 2.38. The number of anilines is 1. The first-order valence-electron chi connectivity index (χ1n) is 12.3. The minimum absolute atomic E-state index is 0.131. The van der Waals surface area contributed by atoms with E-state index in [4.69, 9.17) is 18.9 Å². The van der Waals surface area contributed by atoms with Crippen LogP contribution >= 0.6 is 0 Å². The molecule has 0 aliphatic heterocycles. The SMILES string of the molecule is CCN(CC)CCNc1nc2c(c(=O)n(CCOC(=O)c3cc(OC)c(OC)c(OC)c3)c(=O)n2C)n1C. The van der Waals surface area contributed by atoms with Crippen molar-refractivity contribution < 1.29 is 23.7 Å². The van der Waals surface area contributed by atoms with Crippen molar-refractivity contribution in [2.75, 3.05) is 59.4 Å². The van der Waals surface area contributed by atoms with E-state index in [0.29, 0.717) is 29.7 Å². The zero-order valence-corrected chi connectivity index (χ0v) is 23.0. The fourth-order valence-corrected chi connectivity index (χ4v) is 4.18. The molecule has 0 spiro atoms. The largest absolute Gasteiger partial charge is 0.493 e. The van der Waals surface area contributed by atoms with Crippen LogP contribution in [0.1, 0.15) is 24.2 Å². The van der Waals surface area contributed by atoms with Crippen LogP contribution in [0.2, 0.25) is 0 Å². The van der Waals surface area contributed by atoms with Gasteiger partial charge in [0.15, 0.2) is 22.7 Å². The Balaban J connectivity index is 1.80. The molecule has 0 atom stereocenters. The first kappa shape index (κ1) is 28.6. The number of hydrogen-bond acceptors (Lipinski definition) is 10. The van der Waals surface area contributed by atoms with Crippen molar-refractivity contribution in [2.24, 2.45) is 14.1 Å². The standard InChI is InChI=1S/C25H36N6O7/c1-8-30(9-2)11-10-26-24-27-21-19(28(24)3)22(32)31(25(34)29(21)4)12-13-38-23(33)16-14-17(35-5)20(37-7)18(15-16)36-6/h14-15H,8-13H2,1-7H3,(H,26,27). The summed E-state index contributed by atoms with van der Waals surface area (Å²) in [5.41, 5.74) is -0.355. The lowest BCUT2D eigenvalue weighted by molar-refractivity contribution is 0.0487. The first-order valence-corrected chi connectivity index (χ1v) is 12.3. The van der Waals surface area contributed by atoms with Gasteiger partial charge >= 0.3 is 11.7 Å². The average Bonchev–Trinajstić information content (AvgIpc) is 3.26. The van der Waals surface area contributed by atoms with Crippen LogP contribution in [0.4, 0.5) is 5.95 Å². The summed E-state index contributed by atoms with van der Waals surface area (Å²) < 4.78 is 25.2. The summed E-state index contributed by atoms with van der Waals surface area (Å²) in [6.07, 6.45) is 0. The van der Waals surface area contributed by atoms with Gasteiger partial charge in [-0.3, -0.25) is 13.9 Å². The maximum Gasteiger partial charge on any atom is 0.338 e. The van der Waals surface area contributed by atoms with Crippen molar-refractivity contribution >= 4 is 23.1 Å². The Morgan fingerprint density at radius 1 is 1.00 bits per heavy atom. The van der Waals surface area contributed by atoms with Crippen LogP contribution in [0.5, 0.6) is 17.2 Å². The highest BCUT2D eigenvalue weighted by molar-refractivity contribution is 5.91. The minimum atomic E-state index is -0.671. The quantitative estimate of drug-likeness (QED) is 0.319. The highest BCUT2D eigenvalue weighted by Gasteiger charge is 2.20. The maximum absolute atomic E-state index is 13.3. The van der Waals surface area contributed by atoms with Gasteiger partial charge in [-0.2, -0.15) is 4.98 Å². The zero-order chi connectivity index (χ0) is 28.0. The van der Waals surface area contributed by atoms with Gasteiger partial charge in [0.1, 0.15) is 6.61 Å². The molecule has 208 valence electrons. The van der Waals surface area contributed by atoms with Crippen molar-refractivity contribution in [1.29, 1.82) is 0 Å². The maximum atomic E-state index is 13.3. The number of aromatic nitrogens is 4. The van der Waals surface area contributed by atoms with E-state index >= 15 is 0 Å². The number of aryl methyl sites for hydroxylation is 2. The predicted octanol–water partition coefficient (Wildman–Crippen LogP) is 1.07. The van der Waals surface area contributed by atoms with Crippen LogP contribution in [0.15, 0.2) is 21.7 Å². The van der Waals surface area contributed by atoms with E-state index in [0.717, 1.165) is 24.2 Å². The number of rotatable bonds is 13. The van der Waals surface area contributed by atoms with Gasteiger partial charge in [0.05, 0.1) is 33.4 Å². The number of esters is 1. The number of fused-ring (bicyclic) bond motifs is 1. The predicted molar refractivity (Wildman–Crippen MR) is 143 cm³/mol. The topological polar surface area (TPSA) is 131 Å². The van der Waals surface area contributed by atoms with Crippen molar-refractivity contribution in [1.82, 2.24) is 23.6 Å². The molecule has 38 heavy (non-hydrogen) atoms. The summed E-state index contributed by atoms with van der Waals surface area (Å²) in [6.45, 7) is 7.18. The van der Waals surface area contributed by atoms with Crippen LogP contribution in [0.3, 0.4) is 0 Å². The number of nitrogens with zero attached hydrogens (tertiary/aromatic N) is 5. The molecule has 1 aromatic carbocycles. The van der Waals surface area contributed by atoms with E-state index in [9.17, 15) is 14.4 Å². The Kier molecular flexibility index (Phi) is 9.40. The summed E-state index contributed by atoms with van der Waals surface area (Å²) in [4.78, 5) is 45.7. The van der Waals surface area contributed by atoms with Gasteiger partial charge in [-0.25, -0.2) is 9.59 Å². The molecule has 0 unspecified atom stereocenters. The molecule has 0 bridgehead atoms. The van der Waals surface area contributed by atoms with E-state index < -0.39 is 17.2 Å². The molecule has 0 aliphatic rings. The third kappa shape index (κ3) is 5.62. The second-order valence-electron chi connectivity index (χ2n) is 8.47. The van der Waals surface area contributed by atoms with E-state index in [1.807, 2.05) is 0 Å². The number of imidazole rings is 1. The van der Waals surface area contributed by atoms with Gasteiger partial charge in [0.2, 0.25) is 11.7 Å². The smallest absolute Gasteiger partial charge is 0.338 e. The number of carbonyl (C=O) groups excluding carboxylic acids is 1. The Morgan fingerprint density at radius 2 is 1.63 bits per heavy atom. The molecule has 0 radical (unpaired) electrons. The van der Waals surface area contributed by atoms with Crippen LogP contribution in [0, 0.1) is 0 Å². The van der Waals surface area contributed by atoms with Gasteiger partial charge < -0.3 is 33.7 Å². The fraction of sp³-hybridized carbons (Fsp3) is 0.520. The summed E-state index contributed by atoms with van der Waals surface area (Å²) in [7, 11) is 7.61. The van der Waals surface area contributed by atoms with Crippen LogP contribution < -0.4 is 30.8 Å². The fourth-order valence-electron chi connectivity index (χ4n) is 4.18. The Labute approximate surface area is 220 Å². The molecule has 13 heteroatoms. The zero-order valence-electron chi connectivity index (χ0n) is 23.0. The van der Waals surface area contributed by atoms with Crippen LogP contribution in [-0.4, -0.2) is 83.7 Å². The minimum Gasteiger partial charge on any atom is -0.493 e. The van der Waals surface area contributed by atoms with E-state index in [1.54, 1.807) is 18.7 Å². The first-order chi connectivity index (χ1) is 18.2. The van der Waals surface area contributed by atoms with Gasteiger partial charge in [-0.15, -0.1) is 0 Å². The molecule has 1 N–H and O–H groups in total. The average molecular weight is 533 g/mol. The van der Waals surface area contributed by atoms with Gasteiger partial charge in [-0.05, 0) is 25.2 Å². The third-order valence-electron chi connectivity index (χ3n) is 6.41. The molecule has 0 aliphatic carbocycles. The molecule has 0 saturated heterocycles.